The van der Waals surface area contributed by atoms with Crippen molar-refractivity contribution in [3.8, 4) is 5.75 Å². The fourth-order valence-electron chi connectivity index (χ4n) is 5.90. The summed E-state index contributed by atoms with van der Waals surface area (Å²) in [5.41, 5.74) is 8.79. The van der Waals surface area contributed by atoms with Gasteiger partial charge in [0.15, 0.2) is 11.4 Å². The highest BCUT2D eigenvalue weighted by atomic mass is 16.5. The normalized spacial score (nSPS) is 28.8. The minimum absolute atomic E-state index is 0.00112. The van der Waals surface area contributed by atoms with Crippen molar-refractivity contribution in [2.45, 2.75) is 50.7 Å². The number of phenolic OH excluding ortho intramolecular Hbond substituents is 1. The molecule has 0 spiro atoms. The van der Waals surface area contributed by atoms with E-state index in [0.29, 0.717) is 11.1 Å². The maximum atomic E-state index is 13.8. The molecular formula is C25H31N3O8. The zero-order valence-corrected chi connectivity index (χ0v) is 20.5. The molecule has 1 aromatic rings. The van der Waals surface area contributed by atoms with Crippen molar-refractivity contribution in [3.05, 3.63) is 45.7 Å². The van der Waals surface area contributed by atoms with Crippen LogP contribution in [0.3, 0.4) is 0 Å². The van der Waals surface area contributed by atoms with Gasteiger partial charge in [-0.2, -0.15) is 0 Å². The average Bonchev–Trinajstić information content (AvgIpc) is 2.75. The van der Waals surface area contributed by atoms with Gasteiger partial charge in [-0.1, -0.05) is 6.07 Å². The van der Waals surface area contributed by atoms with Crippen LogP contribution in [0.4, 0.5) is 0 Å². The number of hydrogen-bond acceptors (Lipinski definition) is 10. The molecule has 194 valence electrons. The summed E-state index contributed by atoms with van der Waals surface area (Å²) in [5.74, 6) is -6.96. The first-order chi connectivity index (χ1) is 16.7. The van der Waals surface area contributed by atoms with Gasteiger partial charge in [0, 0.05) is 11.5 Å². The maximum Gasteiger partial charge on any atom is 0.255 e. The van der Waals surface area contributed by atoms with E-state index in [1.807, 2.05) is 13.8 Å². The molecule has 0 aromatic heterocycles. The third kappa shape index (κ3) is 3.53. The number of phenols is 1. The number of nitrogens with zero attached hydrogens (tertiary/aromatic N) is 1. The summed E-state index contributed by atoms with van der Waals surface area (Å²) in [6.45, 7) is 3.62. The smallest absolute Gasteiger partial charge is 0.255 e. The van der Waals surface area contributed by atoms with Crippen LogP contribution in [-0.2, 0) is 25.5 Å². The Balaban J connectivity index is 1.94. The number of likely N-dealkylation sites (N-methyl/N-ethyl adjacent to an activating group) is 1. The van der Waals surface area contributed by atoms with E-state index in [1.165, 1.54) is 11.0 Å². The van der Waals surface area contributed by atoms with E-state index in [-0.39, 0.29) is 35.8 Å². The Morgan fingerprint density at radius 3 is 2.39 bits per heavy atom. The Labute approximate surface area is 207 Å². The largest absolute Gasteiger partial charge is 0.508 e. The van der Waals surface area contributed by atoms with Crippen LogP contribution >= 0.6 is 0 Å². The average molecular weight is 502 g/mol. The molecule has 0 aliphatic heterocycles. The topological polar surface area (TPSA) is 197 Å². The number of benzene rings is 1. The lowest BCUT2D eigenvalue weighted by Gasteiger charge is -2.50. The molecule has 11 heteroatoms. The molecule has 4 rings (SSSR count). The number of ether oxygens (including phenoxy) is 1. The summed E-state index contributed by atoms with van der Waals surface area (Å²) in [5, 5.41) is 44.3. The molecule has 3 aliphatic rings. The predicted octanol–water partition coefficient (Wildman–Crippen LogP) is 0.346. The fraction of sp³-hybridized carbons (Fsp3) is 0.480. The molecule has 36 heavy (non-hydrogen) atoms. The zero-order chi connectivity index (χ0) is 26.9. The molecule has 8 N–H and O–H groups in total. The van der Waals surface area contributed by atoms with Crippen molar-refractivity contribution in [2.75, 3.05) is 14.1 Å². The van der Waals surface area contributed by atoms with E-state index in [0.717, 1.165) is 0 Å². The number of rotatable bonds is 5. The Kier molecular flexibility index (Phi) is 6.24. The number of ketones is 2. The number of carbonyl (C=O) groups excluding carboxylic acids is 3. The van der Waals surface area contributed by atoms with Gasteiger partial charge in [-0.3, -0.25) is 19.3 Å². The second-order valence-electron chi connectivity index (χ2n) is 10.1. The van der Waals surface area contributed by atoms with E-state index in [4.69, 9.17) is 16.2 Å². The van der Waals surface area contributed by atoms with Crippen LogP contribution in [0, 0.1) is 11.8 Å². The van der Waals surface area contributed by atoms with Crippen LogP contribution < -0.4 is 11.5 Å². The van der Waals surface area contributed by atoms with Gasteiger partial charge in [-0.25, -0.2) is 0 Å². The van der Waals surface area contributed by atoms with Crippen molar-refractivity contribution in [2.24, 2.45) is 23.3 Å². The van der Waals surface area contributed by atoms with E-state index in [9.17, 15) is 34.8 Å². The Morgan fingerprint density at radius 1 is 1.19 bits per heavy atom. The summed E-state index contributed by atoms with van der Waals surface area (Å²) in [7, 11) is 3.09. The number of carbonyl (C=O) groups is 3. The number of nitrogens with two attached hydrogens (primary N) is 2. The van der Waals surface area contributed by atoms with Gasteiger partial charge in [0.2, 0.25) is 5.78 Å². The molecule has 3 aliphatic carbocycles. The number of amides is 1. The van der Waals surface area contributed by atoms with Crippen LogP contribution in [0.2, 0.25) is 0 Å². The predicted molar refractivity (Wildman–Crippen MR) is 127 cm³/mol. The quantitative estimate of drug-likeness (QED) is 0.242. The van der Waals surface area contributed by atoms with E-state index in [2.05, 4.69) is 0 Å². The fourth-order valence-corrected chi connectivity index (χ4v) is 5.90. The van der Waals surface area contributed by atoms with E-state index >= 15 is 0 Å². The number of aliphatic hydroxyl groups is 3. The third-order valence-electron chi connectivity index (χ3n) is 7.37. The van der Waals surface area contributed by atoms with Crippen LogP contribution in [0.25, 0.3) is 5.76 Å². The molecule has 0 bridgehead atoms. The molecule has 1 amide bonds. The Morgan fingerprint density at radius 2 is 1.83 bits per heavy atom. The molecule has 1 fully saturated rings. The third-order valence-corrected chi connectivity index (χ3v) is 7.37. The number of hydrogen-bond donors (Lipinski definition) is 6. The molecular weight excluding hydrogens is 470 g/mol. The van der Waals surface area contributed by atoms with Gasteiger partial charge in [0.25, 0.3) is 5.91 Å². The minimum atomic E-state index is -2.67. The summed E-state index contributed by atoms with van der Waals surface area (Å²) in [4.78, 5) is 40.4. The number of aromatic hydroxyl groups is 1. The SMILES string of the molecule is CC(C)OC(N)c1ccc(O)c2c1C[C@H]1C[C@H]3[C@H](N(C)C)C(=O)C(C(N)=O)=C(O)[C@@]3(O)C(=O)C1=C2O. The Hall–Kier alpha value is -3.25. The highest BCUT2D eigenvalue weighted by Gasteiger charge is 2.64. The molecule has 0 radical (unpaired) electrons. The van der Waals surface area contributed by atoms with E-state index < -0.39 is 64.3 Å². The van der Waals surface area contributed by atoms with Crippen LogP contribution in [0.15, 0.2) is 29.0 Å². The van der Waals surface area contributed by atoms with Gasteiger partial charge < -0.3 is 36.6 Å². The van der Waals surface area contributed by atoms with Crippen LogP contribution in [-0.4, -0.2) is 74.6 Å². The zero-order valence-electron chi connectivity index (χ0n) is 20.5. The van der Waals surface area contributed by atoms with Crippen molar-refractivity contribution >= 4 is 23.2 Å². The maximum absolute atomic E-state index is 13.8. The second-order valence-corrected chi connectivity index (χ2v) is 10.1. The van der Waals surface area contributed by atoms with E-state index in [1.54, 1.807) is 20.2 Å². The van der Waals surface area contributed by atoms with Gasteiger partial charge in [0.1, 0.15) is 29.1 Å². The van der Waals surface area contributed by atoms with Crippen LogP contribution in [0.1, 0.15) is 43.2 Å². The molecule has 1 aromatic carbocycles. The van der Waals surface area contributed by atoms with Crippen molar-refractivity contribution < 1.29 is 39.5 Å². The summed E-state index contributed by atoms with van der Waals surface area (Å²) in [6, 6.07) is 1.77. The summed E-state index contributed by atoms with van der Waals surface area (Å²) >= 11 is 0. The molecule has 0 heterocycles. The Bertz CT molecular complexity index is 1230. The standard InChI is InChI=1S/C25H31N3O8/c1-9(2)36-24(27)11-5-6-14(29)16-12(11)7-10-8-13-18(28(3)4)20(31)17(23(26)34)22(33)25(13,35)21(32)15(10)19(16)30/h5-6,9-10,13,18,24,29-30,33,35H,7-8,27H2,1-4H3,(H2,26,34)/t10-,13-,18-,24?,25-/m0/s1. The molecule has 1 unspecified atom stereocenters. The summed E-state index contributed by atoms with van der Waals surface area (Å²) in [6.07, 6.45) is -0.933. The first-order valence-electron chi connectivity index (χ1n) is 11.6. The first kappa shape index (κ1) is 25.8. The monoisotopic (exact) mass is 501 g/mol. The van der Waals surface area contributed by atoms with Gasteiger partial charge >= 0.3 is 0 Å². The number of aliphatic hydroxyl groups excluding tert-OH is 2. The second kappa shape index (κ2) is 8.70. The van der Waals surface area contributed by atoms with Gasteiger partial charge in [-0.15, -0.1) is 0 Å². The molecule has 5 atom stereocenters. The first-order valence-corrected chi connectivity index (χ1v) is 11.6. The molecule has 0 saturated heterocycles. The lowest BCUT2D eigenvalue weighted by molar-refractivity contribution is -0.153. The van der Waals surface area contributed by atoms with Gasteiger partial charge in [0.05, 0.1) is 17.7 Å². The number of primary amides is 1. The number of fused-ring (bicyclic) bond motifs is 3. The van der Waals surface area contributed by atoms with Gasteiger partial charge in [-0.05, 0) is 63.9 Å². The lowest BCUT2D eigenvalue weighted by atomic mass is 9.57. The highest BCUT2D eigenvalue weighted by Crippen LogP contribution is 2.53. The number of Topliss-reactive ketones (excluding diaryl/α,β-unsaturated/α-hetero) is 2. The summed E-state index contributed by atoms with van der Waals surface area (Å²) < 4.78 is 5.70. The van der Waals surface area contributed by atoms with Crippen molar-refractivity contribution in [1.29, 1.82) is 0 Å². The van der Waals surface area contributed by atoms with Crippen molar-refractivity contribution in [3.63, 3.8) is 0 Å². The van der Waals surface area contributed by atoms with Crippen molar-refractivity contribution in [1.82, 2.24) is 4.90 Å². The molecule has 11 nitrogen and oxygen atoms in total. The highest BCUT2D eigenvalue weighted by molar-refractivity contribution is 6.24. The lowest BCUT2D eigenvalue weighted by Crippen LogP contribution is -2.65. The minimum Gasteiger partial charge on any atom is -0.508 e. The molecule has 1 saturated carbocycles. The van der Waals surface area contributed by atoms with Crippen LogP contribution in [0.5, 0.6) is 5.75 Å².